The van der Waals surface area contributed by atoms with Crippen molar-refractivity contribution in [1.29, 1.82) is 0 Å². The van der Waals surface area contributed by atoms with Crippen molar-refractivity contribution in [1.82, 2.24) is 20.0 Å². The van der Waals surface area contributed by atoms with E-state index in [4.69, 9.17) is 21.1 Å². The molecule has 1 aliphatic rings. The highest BCUT2D eigenvalue weighted by Gasteiger charge is 2.33. The molecule has 4 aromatic rings. The average molecular weight is 494 g/mol. The number of carbonyl (C=O) groups is 1. The minimum Gasteiger partial charge on any atom is -0.493 e. The van der Waals surface area contributed by atoms with E-state index in [9.17, 15) is 9.18 Å². The number of methoxy groups -OCH3 is 1. The van der Waals surface area contributed by atoms with Gasteiger partial charge in [0.2, 0.25) is 5.91 Å². The number of aromatic nitrogens is 4. The maximum Gasteiger partial charge on any atom is 0.226 e. The molecule has 0 bridgehead atoms. The molecule has 0 saturated carbocycles. The van der Waals surface area contributed by atoms with Crippen LogP contribution in [0.4, 0.5) is 10.2 Å². The number of anilines is 1. The predicted octanol–water partition coefficient (Wildman–Crippen LogP) is 4.82. The molecule has 2 aromatic carbocycles. The molecule has 178 valence electrons. The zero-order chi connectivity index (χ0) is 24.5. The van der Waals surface area contributed by atoms with Gasteiger partial charge in [0.15, 0.2) is 22.5 Å². The van der Waals surface area contributed by atoms with Gasteiger partial charge in [-0.25, -0.2) is 4.39 Å². The monoisotopic (exact) mass is 493 g/mol. The lowest BCUT2D eigenvalue weighted by molar-refractivity contribution is -0.116. The second kappa shape index (κ2) is 9.34. The molecule has 10 heteroatoms. The number of benzene rings is 2. The fraction of sp³-hybridized carbons (Fsp3) is 0.200. The Kier molecular flexibility index (Phi) is 6.08. The van der Waals surface area contributed by atoms with Gasteiger partial charge in [-0.05, 0) is 54.4 Å². The van der Waals surface area contributed by atoms with Gasteiger partial charge in [-0.2, -0.15) is 9.78 Å². The Hall–Kier alpha value is -3.98. The number of nitrogens with one attached hydrogen (secondary N) is 1. The second-order valence-corrected chi connectivity index (χ2v) is 8.49. The van der Waals surface area contributed by atoms with Crippen molar-refractivity contribution < 1.29 is 18.7 Å². The Morgan fingerprint density at radius 3 is 2.63 bits per heavy atom. The number of hydrogen-bond acceptors (Lipinski definition) is 6. The molecule has 3 heterocycles. The molecule has 1 aliphatic heterocycles. The quantitative estimate of drug-likeness (QED) is 0.414. The Labute approximate surface area is 205 Å². The number of amides is 1. The summed E-state index contributed by atoms with van der Waals surface area (Å²) in [5.74, 6) is 1.36. The van der Waals surface area contributed by atoms with Crippen LogP contribution in [0.3, 0.4) is 0 Å². The molecular formula is C25H21ClFN5O3. The van der Waals surface area contributed by atoms with Gasteiger partial charge >= 0.3 is 0 Å². The minimum absolute atomic E-state index is 0.143. The summed E-state index contributed by atoms with van der Waals surface area (Å²) in [4.78, 5) is 12.7. The molecular weight excluding hydrogens is 473 g/mol. The predicted molar refractivity (Wildman–Crippen MR) is 128 cm³/mol. The zero-order valence-electron chi connectivity index (χ0n) is 19.0. The van der Waals surface area contributed by atoms with E-state index in [1.54, 1.807) is 36.1 Å². The number of rotatable bonds is 6. The fourth-order valence-corrected chi connectivity index (χ4v) is 4.28. The molecule has 1 N–H and O–H groups in total. The van der Waals surface area contributed by atoms with Crippen molar-refractivity contribution in [3.05, 3.63) is 88.0 Å². The summed E-state index contributed by atoms with van der Waals surface area (Å²) in [5.41, 5.74) is 3.34. The van der Waals surface area contributed by atoms with E-state index in [0.717, 1.165) is 22.4 Å². The number of carbonyl (C=O) groups excluding carboxylic acids is 1. The third-order valence-electron chi connectivity index (χ3n) is 5.84. The molecule has 8 nitrogen and oxygen atoms in total. The van der Waals surface area contributed by atoms with Gasteiger partial charge in [0.1, 0.15) is 18.2 Å². The van der Waals surface area contributed by atoms with Crippen LogP contribution >= 0.6 is 11.6 Å². The summed E-state index contributed by atoms with van der Waals surface area (Å²) in [7, 11) is 1.56. The number of hydrogen-bond donors (Lipinski definition) is 1. The van der Waals surface area contributed by atoms with Gasteiger partial charge < -0.3 is 14.8 Å². The molecule has 0 fully saturated rings. The van der Waals surface area contributed by atoms with Crippen LogP contribution in [0.2, 0.25) is 5.15 Å². The molecule has 35 heavy (non-hydrogen) atoms. The van der Waals surface area contributed by atoms with Gasteiger partial charge in [-0.15, -0.1) is 10.2 Å². The molecule has 0 unspecified atom stereocenters. The molecule has 0 spiro atoms. The van der Waals surface area contributed by atoms with Crippen molar-refractivity contribution in [2.24, 2.45) is 0 Å². The molecule has 2 aromatic heterocycles. The van der Waals surface area contributed by atoms with Crippen molar-refractivity contribution in [2.75, 3.05) is 12.4 Å². The van der Waals surface area contributed by atoms with Gasteiger partial charge in [0.05, 0.1) is 12.8 Å². The average Bonchev–Trinajstić information content (AvgIpc) is 3.19. The first-order valence-corrected chi connectivity index (χ1v) is 11.2. The van der Waals surface area contributed by atoms with Gasteiger partial charge in [-0.1, -0.05) is 29.8 Å². The van der Waals surface area contributed by atoms with Crippen LogP contribution in [0.5, 0.6) is 11.5 Å². The Balaban J connectivity index is 1.50. The third-order valence-corrected chi connectivity index (χ3v) is 6.04. The standard InChI is InChI=1S/C25H21ClFN5O3/c1-14-24-18(12-23(33)28-25(24)32(31-14)22-10-9-21(26)29-30-22)16-5-8-19(34-2)20(11-16)35-13-15-3-6-17(27)7-4-15/h3-11,18H,12-13H2,1-2H3,(H,28,33)/t18-/m0/s1. The molecule has 1 amide bonds. The van der Waals surface area contributed by atoms with E-state index in [0.29, 0.717) is 23.1 Å². The maximum absolute atomic E-state index is 13.2. The second-order valence-electron chi connectivity index (χ2n) is 8.10. The van der Waals surface area contributed by atoms with Crippen molar-refractivity contribution in [3.63, 3.8) is 0 Å². The van der Waals surface area contributed by atoms with Gasteiger partial charge in [-0.3, -0.25) is 4.79 Å². The lowest BCUT2D eigenvalue weighted by atomic mass is 9.85. The Morgan fingerprint density at radius 2 is 1.91 bits per heavy atom. The number of aryl methyl sites for hydroxylation is 1. The van der Waals surface area contributed by atoms with Crippen LogP contribution in [-0.4, -0.2) is 33.0 Å². The van der Waals surface area contributed by atoms with E-state index in [1.165, 1.54) is 12.1 Å². The van der Waals surface area contributed by atoms with Crippen LogP contribution in [0.25, 0.3) is 5.82 Å². The topological polar surface area (TPSA) is 91.2 Å². The lowest BCUT2D eigenvalue weighted by Gasteiger charge is -2.25. The van der Waals surface area contributed by atoms with Crippen molar-refractivity contribution in [3.8, 4) is 17.3 Å². The summed E-state index contributed by atoms with van der Waals surface area (Å²) in [5, 5.41) is 15.8. The number of nitrogens with zero attached hydrogens (tertiary/aromatic N) is 4. The molecule has 0 saturated heterocycles. The van der Waals surface area contributed by atoms with Crippen LogP contribution in [-0.2, 0) is 11.4 Å². The number of fused-ring (bicyclic) bond motifs is 1. The summed E-state index contributed by atoms with van der Waals surface area (Å²) in [6.45, 7) is 2.13. The largest absolute Gasteiger partial charge is 0.493 e. The molecule has 5 rings (SSSR count). The SMILES string of the molecule is COc1ccc([C@@H]2CC(=O)Nc3c2c(C)nn3-c2ccc(Cl)nn2)cc1OCc1ccc(F)cc1. The lowest BCUT2D eigenvalue weighted by Crippen LogP contribution is -2.25. The number of ether oxygens (including phenoxy) is 2. The Morgan fingerprint density at radius 1 is 1.11 bits per heavy atom. The zero-order valence-corrected chi connectivity index (χ0v) is 19.7. The first-order chi connectivity index (χ1) is 16.9. The smallest absolute Gasteiger partial charge is 0.226 e. The highest BCUT2D eigenvalue weighted by molar-refractivity contribution is 6.29. The normalized spacial score (nSPS) is 14.9. The van der Waals surface area contributed by atoms with Crippen molar-refractivity contribution in [2.45, 2.75) is 25.9 Å². The van der Waals surface area contributed by atoms with Gasteiger partial charge in [0, 0.05) is 17.9 Å². The third kappa shape index (κ3) is 4.54. The van der Waals surface area contributed by atoms with E-state index in [-0.39, 0.29) is 35.8 Å². The van der Waals surface area contributed by atoms with Gasteiger partial charge in [0.25, 0.3) is 0 Å². The number of halogens is 2. The summed E-state index contributed by atoms with van der Waals surface area (Å²) >= 11 is 5.87. The van der Waals surface area contributed by atoms with E-state index >= 15 is 0 Å². The van der Waals surface area contributed by atoms with Crippen LogP contribution in [0.1, 0.15) is 34.7 Å². The van der Waals surface area contributed by atoms with E-state index < -0.39 is 0 Å². The minimum atomic E-state index is -0.305. The summed E-state index contributed by atoms with van der Waals surface area (Å²) in [6, 6.07) is 15.0. The Bertz CT molecular complexity index is 1390. The van der Waals surface area contributed by atoms with E-state index in [2.05, 4.69) is 20.6 Å². The first-order valence-electron chi connectivity index (χ1n) is 10.9. The highest BCUT2D eigenvalue weighted by atomic mass is 35.5. The molecule has 0 radical (unpaired) electrons. The van der Waals surface area contributed by atoms with Crippen LogP contribution in [0, 0.1) is 12.7 Å². The van der Waals surface area contributed by atoms with Crippen LogP contribution < -0.4 is 14.8 Å². The highest BCUT2D eigenvalue weighted by Crippen LogP contribution is 2.42. The maximum atomic E-state index is 13.2. The van der Waals surface area contributed by atoms with Crippen LogP contribution in [0.15, 0.2) is 54.6 Å². The molecule has 0 aliphatic carbocycles. The molecule has 1 atom stereocenters. The van der Waals surface area contributed by atoms with Crippen molar-refractivity contribution >= 4 is 23.3 Å². The summed E-state index contributed by atoms with van der Waals surface area (Å²) < 4.78 is 26.3. The fourth-order valence-electron chi connectivity index (χ4n) is 4.18. The first kappa shape index (κ1) is 22.8. The van der Waals surface area contributed by atoms with E-state index in [1.807, 2.05) is 25.1 Å². The summed E-state index contributed by atoms with van der Waals surface area (Å²) in [6.07, 6.45) is 0.246.